The van der Waals surface area contributed by atoms with Gasteiger partial charge in [-0.05, 0) is 36.4 Å². The molecule has 1 aromatic heterocycles. The number of hydrogen-bond acceptors (Lipinski definition) is 4. The molecule has 1 unspecified atom stereocenters. The van der Waals surface area contributed by atoms with Crippen LogP contribution in [0.15, 0.2) is 42.6 Å². The van der Waals surface area contributed by atoms with Crippen LogP contribution in [0.4, 0.5) is 4.39 Å². The molecule has 0 aliphatic rings. The number of aliphatic hydroxyl groups excluding tert-OH is 1. The molecule has 2 aromatic rings. The lowest BCUT2D eigenvalue weighted by Crippen LogP contribution is -2.35. The van der Waals surface area contributed by atoms with Crippen molar-refractivity contribution in [1.82, 2.24) is 10.3 Å². The molecule has 1 aromatic carbocycles. The number of pyridine rings is 1. The second-order valence-electron chi connectivity index (χ2n) is 4.47. The molecule has 1 amide bonds. The highest BCUT2D eigenvalue weighted by molar-refractivity contribution is 6.32. The van der Waals surface area contributed by atoms with Crippen LogP contribution in [0.25, 0.3) is 0 Å². The van der Waals surface area contributed by atoms with Gasteiger partial charge in [-0.15, -0.1) is 0 Å². The van der Waals surface area contributed by atoms with E-state index >= 15 is 0 Å². The van der Waals surface area contributed by atoms with Gasteiger partial charge in [0.2, 0.25) is 0 Å². The maximum atomic E-state index is 12.7. The molecule has 0 spiro atoms. The van der Waals surface area contributed by atoms with Gasteiger partial charge in [-0.3, -0.25) is 4.79 Å². The molecule has 0 bridgehead atoms. The van der Waals surface area contributed by atoms with E-state index < -0.39 is 12.0 Å². The minimum Gasteiger partial charge on any atom is -0.491 e. The van der Waals surface area contributed by atoms with E-state index in [0.29, 0.717) is 5.75 Å². The number of halogens is 2. The molecule has 116 valence electrons. The van der Waals surface area contributed by atoms with Crippen molar-refractivity contribution in [1.29, 1.82) is 0 Å². The SMILES string of the molecule is O=C(NCC(O)COc1ccc(F)cc1)c1cccnc1Cl. The van der Waals surface area contributed by atoms with Crippen molar-refractivity contribution in [2.45, 2.75) is 6.10 Å². The van der Waals surface area contributed by atoms with E-state index in [0.717, 1.165) is 0 Å². The Labute approximate surface area is 131 Å². The number of ether oxygens (including phenoxy) is 1. The van der Waals surface area contributed by atoms with Crippen LogP contribution in [-0.2, 0) is 0 Å². The van der Waals surface area contributed by atoms with Gasteiger partial charge in [0.1, 0.15) is 29.4 Å². The number of nitrogens with one attached hydrogen (secondary N) is 1. The largest absolute Gasteiger partial charge is 0.491 e. The van der Waals surface area contributed by atoms with E-state index in [4.69, 9.17) is 16.3 Å². The fourth-order valence-electron chi connectivity index (χ4n) is 1.64. The molecule has 0 radical (unpaired) electrons. The fourth-order valence-corrected chi connectivity index (χ4v) is 1.85. The summed E-state index contributed by atoms with van der Waals surface area (Å²) in [6.45, 7) is -0.0437. The zero-order chi connectivity index (χ0) is 15.9. The summed E-state index contributed by atoms with van der Waals surface area (Å²) in [5.41, 5.74) is 0.232. The zero-order valence-electron chi connectivity index (χ0n) is 11.5. The third kappa shape index (κ3) is 4.68. The Hall–Kier alpha value is -2.18. The Morgan fingerprint density at radius 3 is 2.77 bits per heavy atom. The predicted molar refractivity (Wildman–Crippen MR) is 79.5 cm³/mol. The van der Waals surface area contributed by atoms with E-state index in [1.165, 1.54) is 36.5 Å². The summed E-state index contributed by atoms with van der Waals surface area (Å²) in [6, 6.07) is 8.55. The summed E-state index contributed by atoms with van der Waals surface area (Å²) >= 11 is 5.80. The van der Waals surface area contributed by atoms with Gasteiger partial charge in [-0.2, -0.15) is 0 Å². The van der Waals surface area contributed by atoms with Crippen LogP contribution in [0.2, 0.25) is 5.15 Å². The van der Waals surface area contributed by atoms with Crippen molar-refractivity contribution in [3.8, 4) is 5.75 Å². The molecule has 0 aliphatic carbocycles. The summed E-state index contributed by atoms with van der Waals surface area (Å²) in [7, 11) is 0. The van der Waals surface area contributed by atoms with Gasteiger partial charge < -0.3 is 15.2 Å². The number of aromatic nitrogens is 1. The van der Waals surface area contributed by atoms with Gasteiger partial charge >= 0.3 is 0 Å². The maximum absolute atomic E-state index is 12.7. The highest BCUT2D eigenvalue weighted by Gasteiger charge is 2.12. The highest BCUT2D eigenvalue weighted by atomic mass is 35.5. The number of hydrogen-bond donors (Lipinski definition) is 2. The monoisotopic (exact) mass is 324 g/mol. The minimum atomic E-state index is -0.913. The van der Waals surface area contributed by atoms with Crippen molar-refractivity contribution < 1.29 is 19.0 Å². The highest BCUT2D eigenvalue weighted by Crippen LogP contribution is 2.12. The van der Waals surface area contributed by atoms with Crippen LogP contribution < -0.4 is 10.1 Å². The molecule has 0 fully saturated rings. The van der Waals surface area contributed by atoms with Gasteiger partial charge in [0.25, 0.3) is 5.91 Å². The molecule has 22 heavy (non-hydrogen) atoms. The summed E-state index contributed by atoms with van der Waals surface area (Å²) in [4.78, 5) is 15.6. The minimum absolute atomic E-state index is 0.00868. The predicted octanol–water partition coefficient (Wildman–Crippen LogP) is 2.04. The second-order valence-corrected chi connectivity index (χ2v) is 4.83. The molecule has 2 N–H and O–H groups in total. The quantitative estimate of drug-likeness (QED) is 0.798. The Bertz CT molecular complexity index is 637. The van der Waals surface area contributed by atoms with Gasteiger partial charge in [0.15, 0.2) is 0 Å². The summed E-state index contributed by atoms with van der Waals surface area (Å²) in [5.74, 6) is -0.366. The standard InChI is InChI=1S/C15H14ClFN2O3/c16-14-13(2-1-7-18-14)15(21)19-8-11(20)9-22-12-5-3-10(17)4-6-12/h1-7,11,20H,8-9H2,(H,19,21). The van der Waals surface area contributed by atoms with Crippen molar-refractivity contribution in [2.24, 2.45) is 0 Å². The normalized spacial score (nSPS) is 11.8. The molecule has 0 saturated carbocycles. The van der Waals surface area contributed by atoms with Gasteiger partial charge in [-0.1, -0.05) is 11.6 Å². The first-order chi connectivity index (χ1) is 10.6. The first-order valence-corrected chi connectivity index (χ1v) is 6.89. The first kappa shape index (κ1) is 16.2. The smallest absolute Gasteiger partial charge is 0.254 e. The van der Waals surface area contributed by atoms with E-state index in [1.807, 2.05) is 0 Å². The zero-order valence-corrected chi connectivity index (χ0v) is 12.3. The Kier molecular flexibility index (Phi) is 5.68. The van der Waals surface area contributed by atoms with Crippen molar-refractivity contribution >= 4 is 17.5 Å². The molecule has 1 heterocycles. The van der Waals surface area contributed by atoms with Gasteiger partial charge in [-0.25, -0.2) is 9.37 Å². The lowest BCUT2D eigenvalue weighted by molar-refractivity contribution is 0.0843. The number of amides is 1. The topological polar surface area (TPSA) is 71.5 Å². The van der Waals surface area contributed by atoms with Crippen molar-refractivity contribution in [2.75, 3.05) is 13.2 Å². The molecule has 0 aliphatic heterocycles. The maximum Gasteiger partial charge on any atom is 0.254 e. The van der Waals surface area contributed by atoms with E-state index in [-0.39, 0.29) is 29.7 Å². The average Bonchev–Trinajstić information content (AvgIpc) is 2.52. The van der Waals surface area contributed by atoms with Crippen LogP contribution in [0, 0.1) is 5.82 Å². The third-order valence-corrected chi connectivity index (χ3v) is 3.06. The molecule has 0 saturated heterocycles. The number of rotatable bonds is 6. The Morgan fingerprint density at radius 1 is 1.36 bits per heavy atom. The van der Waals surface area contributed by atoms with E-state index in [9.17, 15) is 14.3 Å². The number of carbonyl (C=O) groups is 1. The first-order valence-electron chi connectivity index (χ1n) is 6.51. The van der Waals surface area contributed by atoms with Crippen LogP contribution in [0.3, 0.4) is 0 Å². The molecular formula is C15H14ClFN2O3. The number of carbonyl (C=O) groups excluding carboxylic acids is 1. The number of nitrogens with zero attached hydrogens (tertiary/aromatic N) is 1. The lowest BCUT2D eigenvalue weighted by atomic mass is 10.2. The van der Waals surface area contributed by atoms with Crippen LogP contribution in [0.5, 0.6) is 5.75 Å². The third-order valence-electron chi connectivity index (χ3n) is 2.76. The van der Waals surface area contributed by atoms with Crippen LogP contribution in [-0.4, -0.2) is 35.3 Å². The number of aliphatic hydroxyl groups is 1. The molecule has 5 nitrogen and oxygen atoms in total. The molecule has 1 atom stereocenters. The fraction of sp³-hybridized carbons (Fsp3) is 0.200. The Balaban J connectivity index is 1.78. The van der Waals surface area contributed by atoms with Crippen LogP contribution in [0.1, 0.15) is 10.4 Å². The average molecular weight is 325 g/mol. The van der Waals surface area contributed by atoms with Gasteiger partial charge in [0.05, 0.1) is 5.56 Å². The summed E-state index contributed by atoms with van der Waals surface area (Å²) < 4.78 is 18.0. The van der Waals surface area contributed by atoms with E-state index in [1.54, 1.807) is 6.07 Å². The number of benzene rings is 1. The van der Waals surface area contributed by atoms with Crippen LogP contribution >= 0.6 is 11.6 Å². The molecule has 7 heteroatoms. The molecular weight excluding hydrogens is 311 g/mol. The van der Waals surface area contributed by atoms with Crippen molar-refractivity contribution in [3.63, 3.8) is 0 Å². The van der Waals surface area contributed by atoms with Crippen molar-refractivity contribution in [3.05, 3.63) is 59.1 Å². The lowest BCUT2D eigenvalue weighted by Gasteiger charge is -2.13. The second kappa shape index (κ2) is 7.72. The molecule has 2 rings (SSSR count). The van der Waals surface area contributed by atoms with E-state index in [2.05, 4.69) is 10.3 Å². The van der Waals surface area contributed by atoms with Gasteiger partial charge in [0, 0.05) is 12.7 Å². The summed E-state index contributed by atoms with van der Waals surface area (Å²) in [6.07, 6.45) is 0.564. The summed E-state index contributed by atoms with van der Waals surface area (Å²) in [5, 5.41) is 12.4. The Morgan fingerprint density at radius 2 is 2.09 bits per heavy atom.